The summed E-state index contributed by atoms with van der Waals surface area (Å²) in [5.41, 5.74) is 0.442. The normalized spacial score (nSPS) is 11.8. The monoisotopic (exact) mass is 171 g/mol. The summed E-state index contributed by atoms with van der Waals surface area (Å²) in [6, 6.07) is -0.697. The molecule has 2 N–H and O–H groups in total. The number of carbonyl (C=O) groups is 2. The number of nitrogens with one attached hydrogen (secondary N) is 1. The van der Waals surface area contributed by atoms with Crippen molar-refractivity contribution in [3.8, 4) is 0 Å². The highest BCUT2D eigenvalue weighted by Crippen LogP contribution is 1.96. The number of carboxylic acids is 1. The fourth-order valence-corrected chi connectivity index (χ4v) is 0.719. The van der Waals surface area contributed by atoms with E-state index in [-0.39, 0.29) is 12.2 Å². The Morgan fingerprint density at radius 3 is 2.42 bits per heavy atom. The van der Waals surface area contributed by atoms with Crippen LogP contribution in [0.2, 0.25) is 0 Å². The van der Waals surface area contributed by atoms with E-state index in [1.54, 1.807) is 0 Å². The smallest absolute Gasteiger partial charge is 0.325 e. The number of hydrogen-bond acceptors (Lipinski definition) is 3. The lowest BCUT2D eigenvalue weighted by molar-refractivity contribution is -0.138. The third-order valence-electron chi connectivity index (χ3n) is 1.25. The van der Waals surface area contributed by atoms with Crippen molar-refractivity contribution in [2.75, 3.05) is 0 Å². The maximum Gasteiger partial charge on any atom is 0.325 e. The first kappa shape index (κ1) is 10.7. The fraction of sp³-hybridized carbons (Fsp3) is 0.500. The van der Waals surface area contributed by atoms with Gasteiger partial charge in [-0.15, -0.1) is 0 Å². The lowest BCUT2D eigenvalue weighted by Crippen LogP contribution is -2.33. The second kappa shape index (κ2) is 4.54. The molecule has 0 spiro atoms. The molecule has 0 amide bonds. The van der Waals surface area contributed by atoms with Gasteiger partial charge in [-0.05, 0) is 13.8 Å². The largest absolute Gasteiger partial charge is 0.480 e. The molecule has 0 bridgehead atoms. The van der Waals surface area contributed by atoms with Gasteiger partial charge in [0.25, 0.3) is 0 Å². The van der Waals surface area contributed by atoms with Crippen molar-refractivity contribution in [2.24, 2.45) is 0 Å². The zero-order chi connectivity index (χ0) is 9.72. The minimum Gasteiger partial charge on any atom is -0.480 e. The first-order valence-electron chi connectivity index (χ1n) is 3.60. The second-order valence-corrected chi connectivity index (χ2v) is 2.69. The Labute approximate surface area is 71.3 Å². The Bertz CT molecular complexity index is 210. The molecule has 0 saturated carbocycles. The van der Waals surface area contributed by atoms with Gasteiger partial charge >= 0.3 is 5.97 Å². The molecule has 0 aromatic heterocycles. The van der Waals surface area contributed by atoms with Crippen LogP contribution < -0.4 is 5.32 Å². The van der Waals surface area contributed by atoms with E-state index >= 15 is 0 Å². The average molecular weight is 171 g/mol. The first-order chi connectivity index (χ1) is 5.43. The van der Waals surface area contributed by atoms with E-state index in [1.165, 1.54) is 13.8 Å². The van der Waals surface area contributed by atoms with Crippen LogP contribution in [0.5, 0.6) is 0 Å². The van der Waals surface area contributed by atoms with Crippen molar-refractivity contribution < 1.29 is 14.7 Å². The summed E-state index contributed by atoms with van der Waals surface area (Å²) in [5.74, 6) is -0.996. The van der Waals surface area contributed by atoms with Gasteiger partial charge in [0, 0.05) is 12.1 Å². The van der Waals surface area contributed by atoms with Crippen molar-refractivity contribution in [1.29, 1.82) is 0 Å². The molecule has 0 radical (unpaired) electrons. The van der Waals surface area contributed by atoms with Crippen molar-refractivity contribution in [1.82, 2.24) is 5.32 Å². The van der Waals surface area contributed by atoms with Crippen LogP contribution in [0.25, 0.3) is 0 Å². The van der Waals surface area contributed by atoms with E-state index in [4.69, 9.17) is 5.11 Å². The molecular formula is C8H13NO3. The van der Waals surface area contributed by atoms with E-state index in [0.29, 0.717) is 5.70 Å². The number of allylic oxidation sites excluding steroid dienone is 1. The molecule has 0 aliphatic heterocycles. The molecule has 0 aromatic rings. The van der Waals surface area contributed by atoms with Crippen LogP contribution >= 0.6 is 0 Å². The van der Waals surface area contributed by atoms with Gasteiger partial charge in [0.1, 0.15) is 11.8 Å². The molecule has 0 unspecified atom stereocenters. The predicted molar refractivity (Wildman–Crippen MR) is 44.7 cm³/mol. The topological polar surface area (TPSA) is 66.4 Å². The quantitative estimate of drug-likeness (QED) is 0.633. The summed E-state index contributed by atoms with van der Waals surface area (Å²) in [4.78, 5) is 20.9. The number of hydrogen-bond donors (Lipinski definition) is 2. The zero-order valence-corrected chi connectivity index (χ0v) is 7.26. The Hall–Kier alpha value is -1.32. The third-order valence-corrected chi connectivity index (χ3v) is 1.25. The highest BCUT2D eigenvalue weighted by molar-refractivity contribution is 5.78. The average Bonchev–Trinajstić information content (AvgIpc) is 1.84. The van der Waals surface area contributed by atoms with E-state index < -0.39 is 12.0 Å². The summed E-state index contributed by atoms with van der Waals surface area (Å²) in [6.45, 7) is 6.44. The number of carboxylic acid groups (broad SMARTS) is 1. The molecule has 0 aliphatic carbocycles. The van der Waals surface area contributed by atoms with Gasteiger partial charge < -0.3 is 10.4 Å². The van der Waals surface area contributed by atoms with Gasteiger partial charge in [0.15, 0.2) is 0 Å². The van der Waals surface area contributed by atoms with E-state index in [1.807, 2.05) is 0 Å². The fourth-order valence-electron chi connectivity index (χ4n) is 0.719. The molecule has 0 fully saturated rings. The molecule has 12 heavy (non-hydrogen) atoms. The van der Waals surface area contributed by atoms with Gasteiger partial charge in [-0.25, -0.2) is 0 Å². The van der Waals surface area contributed by atoms with Crippen molar-refractivity contribution in [3.05, 3.63) is 12.3 Å². The third kappa shape index (κ3) is 4.49. The highest BCUT2D eigenvalue weighted by Gasteiger charge is 2.10. The lowest BCUT2D eigenvalue weighted by Gasteiger charge is -2.11. The number of aliphatic carboxylic acids is 1. The van der Waals surface area contributed by atoms with Gasteiger partial charge in [0.05, 0.1) is 0 Å². The molecule has 1 atom stereocenters. The van der Waals surface area contributed by atoms with Crippen molar-refractivity contribution >= 4 is 11.8 Å². The summed E-state index contributed by atoms with van der Waals surface area (Å²) in [6.07, 6.45) is 0.178. The van der Waals surface area contributed by atoms with Crippen LogP contribution in [0, 0.1) is 0 Å². The van der Waals surface area contributed by atoms with Crippen molar-refractivity contribution in [3.63, 3.8) is 0 Å². The van der Waals surface area contributed by atoms with E-state index in [9.17, 15) is 9.59 Å². The van der Waals surface area contributed by atoms with Crippen LogP contribution in [-0.4, -0.2) is 22.9 Å². The number of rotatable bonds is 5. The molecular weight excluding hydrogens is 158 g/mol. The van der Waals surface area contributed by atoms with Gasteiger partial charge in [-0.1, -0.05) is 6.58 Å². The summed E-state index contributed by atoms with van der Waals surface area (Å²) < 4.78 is 0. The van der Waals surface area contributed by atoms with Crippen LogP contribution in [0.15, 0.2) is 12.3 Å². The highest BCUT2D eigenvalue weighted by atomic mass is 16.4. The number of Topliss-reactive ketones (excluding diaryl/α,β-unsaturated/α-hetero) is 1. The van der Waals surface area contributed by atoms with Crippen molar-refractivity contribution in [2.45, 2.75) is 26.3 Å². The molecule has 0 aromatic carbocycles. The maximum absolute atomic E-state index is 10.6. The molecule has 68 valence electrons. The standard InChI is InChI=1S/C8H13NO3/c1-5(4-6(2)10)9-7(3)8(11)12/h7,9H,1,4H2,2-3H3,(H,11,12)/t7-/m0/s1. The van der Waals surface area contributed by atoms with E-state index in [2.05, 4.69) is 11.9 Å². The second-order valence-electron chi connectivity index (χ2n) is 2.69. The molecule has 4 heteroatoms. The lowest BCUT2D eigenvalue weighted by atomic mass is 10.2. The van der Waals surface area contributed by atoms with Crippen LogP contribution in [0.1, 0.15) is 20.3 Å². The number of carbonyl (C=O) groups excluding carboxylic acids is 1. The molecule has 0 rings (SSSR count). The minimum atomic E-state index is -0.959. The summed E-state index contributed by atoms with van der Waals surface area (Å²) in [5, 5.41) is 11.1. The Kier molecular flexibility index (Phi) is 4.04. The predicted octanol–water partition coefficient (Wildman–Crippen LogP) is 0.542. The zero-order valence-electron chi connectivity index (χ0n) is 7.26. The van der Waals surface area contributed by atoms with Crippen LogP contribution in [-0.2, 0) is 9.59 Å². The Balaban J connectivity index is 3.85. The Morgan fingerprint density at radius 1 is 1.58 bits per heavy atom. The van der Waals surface area contributed by atoms with Gasteiger partial charge in [-0.3, -0.25) is 9.59 Å². The van der Waals surface area contributed by atoms with Crippen LogP contribution in [0.4, 0.5) is 0 Å². The SMILES string of the molecule is C=C(CC(C)=O)N[C@@H](C)C(=O)O. The number of ketones is 1. The molecule has 0 heterocycles. The van der Waals surface area contributed by atoms with Gasteiger partial charge in [0.2, 0.25) is 0 Å². The summed E-state index contributed by atoms with van der Waals surface area (Å²) in [7, 11) is 0. The van der Waals surface area contributed by atoms with E-state index in [0.717, 1.165) is 0 Å². The Morgan fingerprint density at radius 2 is 2.08 bits per heavy atom. The van der Waals surface area contributed by atoms with Crippen LogP contribution in [0.3, 0.4) is 0 Å². The molecule has 4 nitrogen and oxygen atoms in total. The molecule has 0 saturated heterocycles. The van der Waals surface area contributed by atoms with Gasteiger partial charge in [-0.2, -0.15) is 0 Å². The minimum absolute atomic E-state index is 0.0370. The summed E-state index contributed by atoms with van der Waals surface area (Å²) >= 11 is 0. The maximum atomic E-state index is 10.6. The molecule has 0 aliphatic rings. The first-order valence-corrected chi connectivity index (χ1v) is 3.60.